The van der Waals surface area contributed by atoms with Crippen LogP contribution in [0.3, 0.4) is 0 Å². The topological polar surface area (TPSA) is 26.3 Å². The molecule has 160 valence electrons. The molecule has 0 bridgehead atoms. The molecule has 0 saturated heterocycles. The first kappa shape index (κ1) is 24.1. The van der Waals surface area contributed by atoms with Gasteiger partial charge in [-0.3, -0.25) is 0 Å². The van der Waals surface area contributed by atoms with E-state index in [0.29, 0.717) is 0 Å². The third-order valence-corrected chi connectivity index (χ3v) is 3.96. The Bertz CT molecular complexity index is 626. The molecule has 1 aromatic rings. The van der Waals surface area contributed by atoms with Crippen LogP contribution in [-0.2, 0) is 4.74 Å². The van der Waals surface area contributed by atoms with Crippen LogP contribution >= 0.6 is 0 Å². The SMILES string of the molecule is O=C(OCCCCCCC(F)(C(F)(F)F)C(F)(F)C(F)(F)F)c1ccccc1. The molecule has 0 spiro atoms. The Morgan fingerprint density at radius 3 is 1.79 bits per heavy atom. The van der Waals surface area contributed by atoms with Crippen molar-refractivity contribution in [1.29, 1.82) is 0 Å². The van der Waals surface area contributed by atoms with Gasteiger partial charge in [0.1, 0.15) is 0 Å². The molecule has 0 aromatic heterocycles. The molecule has 0 aliphatic heterocycles. The van der Waals surface area contributed by atoms with Gasteiger partial charge in [0.2, 0.25) is 0 Å². The van der Waals surface area contributed by atoms with E-state index in [1.807, 2.05) is 0 Å². The maximum absolute atomic E-state index is 13.8. The van der Waals surface area contributed by atoms with Crippen LogP contribution in [0.5, 0.6) is 0 Å². The van der Waals surface area contributed by atoms with E-state index in [1.165, 1.54) is 12.1 Å². The minimum absolute atomic E-state index is 0.0492. The van der Waals surface area contributed by atoms with Crippen molar-refractivity contribution in [2.24, 2.45) is 0 Å². The van der Waals surface area contributed by atoms with E-state index in [2.05, 4.69) is 0 Å². The highest BCUT2D eigenvalue weighted by Crippen LogP contribution is 2.54. The van der Waals surface area contributed by atoms with Crippen LogP contribution in [-0.4, -0.2) is 36.5 Å². The summed E-state index contributed by atoms with van der Waals surface area (Å²) in [4.78, 5) is 11.6. The van der Waals surface area contributed by atoms with Crippen molar-refractivity contribution >= 4 is 5.97 Å². The predicted molar refractivity (Wildman–Crippen MR) is 80.7 cm³/mol. The molecular formula is C17H17F9O2. The molecule has 0 fully saturated rings. The Morgan fingerprint density at radius 1 is 0.750 bits per heavy atom. The number of carbonyl (C=O) groups is 1. The second kappa shape index (κ2) is 9.04. The molecule has 1 rings (SSSR count). The number of esters is 1. The number of unbranched alkanes of at least 4 members (excludes halogenated alkanes) is 3. The highest BCUT2D eigenvalue weighted by molar-refractivity contribution is 5.89. The lowest BCUT2D eigenvalue weighted by atomic mass is 9.89. The Labute approximate surface area is 154 Å². The highest BCUT2D eigenvalue weighted by Gasteiger charge is 2.80. The molecular weight excluding hydrogens is 407 g/mol. The highest BCUT2D eigenvalue weighted by atomic mass is 19.4. The summed E-state index contributed by atoms with van der Waals surface area (Å²) in [7, 11) is 0. The summed E-state index contributed by atoms with van der Waals surface area (Å²) in [6.45, 7) is -0.132. The first-order valence-electron chi connectivity index (χ1n) is 8.16. The largest absolute Gasteiger partial charge is 0.462 e. The van der Waals surface area contributed by atoms with Gasteiger partial charge in [-0.1, -0.05) is 31.0 Å². The predicted octanol–water partition coefficient (Wildman–Crippen LogP) is 6.26. The van der Waals surface area contributed by atoms with Crippen LogP contribution < -0.4 is 0 Å². The van der Waals surface area contributed by atoms with E-state index in [1.54, 1.807) is 18.2 Å². The van der Waals surface area contributed by atoms with E-state index in [0.717, 1.165) is 0 Å². The van der Waals surface area contributed by atoms with Gasteiger partial charge in [-0.15, -0.1) is 0 Å². The molecule has 0 aliphatic rings. The first-order chi connectivity index (χ1) is 12.7. The summed E-state index contributed by atoms with van der Waals surface area (Å²) in [5, 5.41) is 0. The molecule has 0 saturated carbocycles. The monoisotopic (exact) mass is 424 g/mol. The smallest absolute Gasteiger partial charge is 0.457 e. The Morgan fingerprint density at radius 2 is 1.29 bits per heavy atom. The summed E-state index contributed by atoms with van der Waals surface area (Å²) in [6.07, 6.45) is -16.0. The lowest BCUT2D eigenvalue weighted by Crippen LogP contribution is -2.62. The van der Waals surface area contributed by atoms with Crippen molar-refractivity contribution in [3.63, 3.8) is 0 Å². The summed E-state index contributed by atoms with van der Waals surface area (Å²) in [5.74, 6) is -7.21. The minimum atomic E-state index is -6.68. The molecule has 2 nitrogen and oxygen atoms in total. The van der Waals surface area contributed by atoms with E-state index in [4.69, 9.17) is 4.74 Å². The summed E-state index contributed by atoms with van der Waals surface area (Å²) in [5.41, 5.74) is -5.44. The van der Waals surface area contributed by atoms with Crippen LogP contribution in [0.25, 0.3) is 0 Å². The average molecular weight is 424 g/mol. The minimum Gasteiger partial charge on any atom is -0.462 e. The number of hydrogen-bond donors (Lipinski definition) is 0. The fourth-order valence-electron chi connectivity index (χ4n) is 2.35. The number of halogens is 9. The Balaban J connectivity index is 2.46. The third kappa shape index (κ3) is 5.54. The van der Waals surface area contributed by atoms with Crippen LogP contribution in [0.1, 0.15) is 42.5 Å². The van der Waals surface area contributed by atoms with Gasteiger partial charge in [0, 0.05) is 0 Å². The average Bonchev–Trinajstić information content (AvgIpc) is 2.59. The molecule has 1 unspecified atom stereocenters. The van der Waals surface area contributed by atoms with Crippen molar-refractivity contribution in [2.75, 3.05) is 6.61 Å². The Kier molecular flexibility index (Phi) is 7.78. The van der Waals surface area contributed by atoms with Crippen LogP contribution in [0, 0.1) is 0 Å². The summed E-state index contributed by atoms with van der Waals surface area (Å²) in [6, 6.07) is 7.83. The molecule has 11 heteroatoms. The van der Waals surface area contributed by atoms with Gasteiger partial charge in [0.05, 0.1) is 12.2 Å². The second-order valence-corrected chi connectivity index (χ2v) is 6.04. The van der Waals surface area contributed by atoms with E-state index < -0.39 is 42.8 Å². The van der Waals surface area contributed by atoms with Gasteiger partial charge in [-0.25, -0.2) is 9.18 Å². The standard InChI is InChI=1S/C17H17F9O2/c18-14(16(21,22)23,15(19,20)17(24,25)26)10-6-1-2-7-11-28-13(27)12-8-4-3-5-9-12/h3-5,8-9H,1-2,6-7,10-11H2. The molecule has 28 heavy (non-hydrogen) atoms. The third-order valence-electron chi connectivity index (χ3n) is 3.96. The molecule has 0 radical (unpaired) electrons. The van der Waals surface area contributed by atoms with Crippen molar-refractivity contribution in [3.05, 3.63) is 35.9 Å². The fourth-order valence-corrected chi connectivity index (χ4v) is 2.35. The molecule has 1 aromatic carbocycles. The maximum atomic E-state index is 13.8. The Hall–Kier alpha value is -1.94. The number of rotatable bonds is 9. The number of alkyl halides is 9. The zero-order valence-electron chi connectivity index (χ0n) is 14.3. The second-order valence-electron chi connectivity index (χ2n) is 6.04. The van der Waals surface area contributed by atoms with E-state index >= 15 is 0 Å². The first-order valence-corrected chi connectivity index (χ1v) is 8.16. The normalized spacial score (nSPS) is 15.2. The lowest BCUT2D eigenvalue weighted by Gasteiger charge is -2.35. The number of benzene rings is 1. The molecule has 0 N–H and O–H groups in total. The van der Waals surface area contributed by atoms with Crippen molar-refractivity contribution < 1.29 is 49.0 Å². The molecule has 0 aliphatic carbocycles. The zero-order valence-corrected chi connectivity index (χ0v) is 14.3. The van der Waals surface area contributed by atoms with Gasteiger partial charge in [-0.05, 0) is 31.4 Å². The van der Waals surface area contributed by atoms with Crippen LogP contribution in [0.15, 0.2) is 30.3 Å². The zero-order chi connectivity index (χ0) is 21.6. The van der Waals surface area contributed by atoms with Gasteiger partial charge < -0.3 is 4.74 Å². The summed E-state index contributed by atoms with van der Waals surface area (Å²) >= 11 is 0. The van der Waals surface area contributed by atoms with Gasteiger partial charge in [0.15, 0.2) is 0 Å². The molecule has 0 heterocycles. The van der Waals surface area contributed by atoms with Crippen LogP contribution in [0.4, 0.5) is 39.5 Å². The number of hydrogen-bond acceptors (Lipinski definition) is 2. The van der Waals surface area contributed by atoms with Crippen LogP contribution in [0.2, 0.25) is 0 Å². The quantitative estimate of drug-likeness (QED) is 0.266. The summed E-state index contributed by atoms with van der Waals surface area (Å²) < 4.78 is 119. The van der Waals surface area contributed by atoms with Crippen molar-refractivity contribution in [3.8, 4) is 0 Å². The van der Waals surface area contributed by atoms with E-state index in [9.17, 15) is 44.3 Å². The maximum Gasteiger partial charge on any atom is 0.457 e. The van der Waals surface area contributed by atoms with Crippen molar-refractivity contribution in [1.82, 2.24) is 0 Å². The number of carbonyl (C=O) groups excluding carboxylic acids is 1. The van der Waals surface area contributed by atoms with Gasteiger partial charge in [0.25, 0.3) is 5.67 Å². The van der Waals surface area contributed by atoms with E-state index in [-0.39, 0.29) is 31.4 Å². The number of ether oxygens (including phenoxy) is 1. The van der Waals surface area contributed by atoms with Gasteiger partial charge >= 0.3 is 24.2 Å². The van der Waals surface area contributed by atoms with Crippen molar-refractivity contribution in [2.45, 2.75) is 56.0 Å². The lowest BCUT2D eigenvalue weighted by molar-refractivity contribution is -0.384. The molecule has 1 atom stereocenters. The fraction of sp³-hybridized carbons (Fsp3) is 0.588. The van der Waals surface area contributed by atoms with Gasteiger partial charge in [-0.2, -0.15) is 35.1 Å². The molecule has 0 amide bonds.